The Morgan fingerprint density at radius 3 is 1.47 bits per heavy atom. The molecule has 0 heterocycles. The molecule has 0 aromatic carbocycles. The number of esters is 2. The standard InChI is InChI=1S/C12H18O5S2/c1-7(2)11(13)15-9(5)18-17-19-10(6)16-12(14)8(3)4/h9-10H,1,3H2,2,4-6H3. The summed E-state index contributed by atoms with van der Waals surface area (Å²) in [5, 5.41) is 0. The lowest BCUT2D eigenvalue weighted by Crippen LogP contribution is -2.13. The minimum atomic E-state index is -0.485. The Kier molecular flexibility index (Phi) is 8.62. The Bertz CT molecular complexity index is 333. The summed E-state index contributed by atoms with van der Waals surface area (Å²) in [6.07, 6.45) is 0. The number of hydrogen-bond acceptors (Lipinski definition) is 7. The van der Waals surface area contributed by atoms with Crippen molar-refractivity contribution in [2.75, 3.05) is 0 Å². The Morgan fingerprint density at radius 2 is 1.21 bits per heavy atom. The van der Waals surface area contributed by atoms with Gasteiger partial charge >= 0.3 is 11.9 Å². The average molecular weight is 306 g/mol. The second kappa shape index (κ2) is 9.06. The highest BCUT2D eigenvalue weighted by Crippen LogP contribution is 2.25. The van der Waals surface area contributed by atoms with E-state index in [0.29, 0.717) is 11.1 Å². The van der Waals surface area contributed by atoms with Crippen LogP contribution in [0.2, 0.25) is 0 Å². The molecule has 108 valence electrons. The number of carbonyl (C=O) groups excluding carboxylic acids is 2. The highest BCUT2D eigenvalue weighted by Gasteiger charge is 2.15. The van der Waals surface area contributed by atoms with Crippen LogP contribution in [-0.2, 0) is 22.7 Å². The molecule has 0 aromatic rings. The van der Waals surface area contributed by atoms with Crippen molar-refractivity contribution in [2.24, 2.45) is 0 Å². The Morgan fingerprint density at radius 1 is 0.895 bits per heavy atom. The van der Waals surface area contributed by atoms with Crippen molar-refractivity contribution in [1.82, 2.24) is 0 Å². The van der Waals surface area contributed by atoms with Crippen LogP contribution in [0.5, 0.6) is 0 Å². The van der Waals surface area contributed by atoms with Crippen LogP contribution < -0.4 is 0 Å². The molecule has 0 aromatic heterocycles. The summed E-state index contributed by atoms with van der Waals surface area (Å²) in [5.74, 6) is -0.953. The van der Waals surface area contributed by atoms with E-state index >= 15 is 0 Å². The molecule has 19 heavy (non-hydrogen) atoms. The number of hydrogen-bond donors (Lipinski definition) is 0. The first-order valence-corrected chi connectivity index (χ1v) is 7.06. The molecule has 0 aliphatic carbocycles. The summed E-state index contributed by atoms with van der Waals surface area (Å²) in [4.78, 5) is 22.4. The van der Waals surface area contributed by atoms with E-state index in [4.69, 9.17) is 13.1 Å². The third-order valence-corrected chi connectivity index (χ3v) is 2.96. The number of carbonyl (C=O) groups is 2. The van der Waals surface area contributed by atoms with E-state index in [1.807, 2.05) is 0 Å². The largest absolute Gasteiger partial charge is 0.446 e. The maximum atomic E-state index is 11.2. The molecular formula is C12H18O5S2. The zero-order chi connectivity index (χ0) is 15.0. The van der Waals surface area contributed by atoms with Gasteiger partial charge in [0.15, 0.2) is 10.9 Å². The van der Waals surface area contributed by atoms with Gasteiger partial charge in [0.1, 0.15) is 0 Å². The Hall–Kier alpha value is -0.920. The summed E-state index contributed by atoms with van der Waals surface area (Å²) >= 11 is 1.90. The lowest BCUT2D eigenvalue weighted by molar-refractivity contribution is -0.140. The van der Waals surface area contributed by atoms with Crippen LogP contribution in [0.15, 0.2) is 24.3 Å². The molecule has 0 bridgehead atoms. The fraction of sp³-hybridized carbons (Fsp3) is 0.500. The van der Waals surface area contributed by atoms with Gasteiger partial charge in [-0.2, -0.15) is 0 Å². The summed E-state index contributed by atoms with van der Waals surface area (Å²) in [5.41, 5.74) is -0.325. The molecule has 0 rings (SSSR count). The third kappa shape index (κ3) is 8.74. The summed E-state index contributed by atoms with van der Waals surface area (Å²) < 4.78 is 15.1. The summed E-state index contributed by atoms with van der Waals surface area (Å²) in [7, 11) is 0. The fourth-order valence-corrected chi connectivity index (χ4v) is 2.00. The molecule has 0 saturated carbocycles. The number of ether oxygens (including phenoxy) is 2. The molecule has 5 nitrogen and oxygen atoms in total. The van der Waals surface area contributed by atoms with E-state index in [-0.39, 0.29) is 0 Å². The highest BCUT2D eigenvalue weighted by atomic mass is 32.2. The zero-order valence-corrected chi connectivity index (χ0v) is 13.1. The molecule has 0 amide bonds. The molecular weight excluding hydrogens is 288 g/mol. The van der Waals surface area contributed by atoms with Gasteiger partial charge in [-0.05, 0) is 27.7 Å². The van der Waals surface area contributed by atoms with Crippen molar-refractivity contribution in [3.05, 3.63) is 24.3 Å². The Labute approximate surface area is 122 Å². The average Bonchev–Trinajstić information content (AvgIpc) is 2.28. The summed E-state index contributed by atoms with van der Waals surface area (Å²) in [6, 6.07) is 0. The number of rotatable bonds is 8. The van der Waals surface area contributed by atoms with Gasteiger partial charge in [0.2, 0.25) is 0 Å². The first-order chi connectivity index (χ1) is 8.73. The minimum Gasteiger partial charge on any atom is -0.446 e. The van der Waals surface area contributed by atoms with Gasteiger partial charge in [-0.3, -0.25) is 0 Å². The van der Waals surface area contributed by atoms with E-state index in [2.05, 4.69) is 13.2 Å². The predicted octanol–water partition coefficient (Wildman–Crippen LogP) is 3.23. The second-order valence-corrected chi connectivity index (χ2v) is 6.02. The van der Waals surface area contributed by atoms with Crippen LogP contribution in [0.1, 0.15) is 27.7 Å². The van der Waals surface area contributed by atoms with E-state index in [9.17, 15) is 9.59 Å². The molecule has 2 unspecified atom stereocenters. The molecule has 0 saturated heterocycles. The molecule has 0 N–H and O–H groups in total. The Balaban J connectivity index is 3.84. The smallest absolute Gasteiger partial charge is 0.334 e. The lowest BCUT2D eigenvalue weighted by Gasteiger charge is -2.14. The van der Waals surface area contributed by atoms with Gasteiger partial charge in [-0.1, -0.05) is 13.2 Å². The maximum Gasteiger partial charge on any atom is 0.334 e. The van der Waals surface area contributed by atoms with E-state index in [1.54, 1.807) is 27.7 Å². The van der Waals surface area contributed by atoms with E-state index in [1.165, 1.54) is 0 Å². The van der Waals surface area contributed by atoms with Crippen molar-refractivity contribution >= 4 is 36.0 Å². The molecule has 7 heteroatoms. The van der Waals surface area contributed by atoms with Crippen molar-refractivity contribution in [3.8, 4) is 0 Å². The second-order valence-electron chi connectivity index (χ2n) is 3.77. The molecule has 0 spiro atoms. The van der Waals surface area contributed by atoms with Crippen LogP contribution in [-0.4, -0.2) is 22.8 Å². The van der Waals surface area contributed by atoms with Crippen molar-refractivity contribution in [2.45, 2.75) is 38.6 Å². The van der Waals surface area contributed by atoms with E-state index in [0.717, 1.165) is 24.1 Å². The lowest BCUT2D eigenvalue weighted by atomic mass is 10.4. The first-order valence-electron chi connectivity index (χ1n) is 5.45. The van der Waals surface area contributed by atoms with Crippen LogP contribution in [0.3, 0.4) is 0 Å². The quantitative estimate of drug-likeness (QED) is 0.295. The fourth-order valence-electron chi connectivity index (χ4n) is 0.675. The predicted molar refractivity (Wildman–Crippen MR) is 77.0 cm³/mol. The van der Waals surface area contributed by atoms with Crippen LogP contribution in [0, 0.1) is 0 Å². The summed E-state index contributed by atoms with van der Waals surface area (Å²) in [6.45, 7) is 13.4. The van der Waals surface area contributed by atoms with Crippen LogP contribution >= 0.6 is 24.1 Å². The highest BCUT2D eigenvalue weighted by molar-refractivity contribution is 8.08. The van der Waals surface area contributed by atoms with Gasteiger partial charge in [-0.15, -0.1) is 0 Å². The van der Waals surface area contributed by atoms with Crippen LogP contribution in [0.25, 0.3) is 0 Å². The van der Waals surface area contributed by atoms with Crippen LogP contribution in [0.4, 0.5) is 0 Å². The molecule has 0 radical (unpaired) electrons. The minimum absolute atomic E-state index is 0.323. The molecule has 0 aliphatic heterocycles. The van der Waals surface area contributed by atoms with Gasteiger partial charge < -0.3 is 9.47 Å². The van der Waals surface area contributed by atoms with Gasteiger partial charge in [-0.25, -0.2) is 13.2 Å². The van der Waals surface area contributed by atoms with Gasteiger partial charge in [0.25, 0.3) is 0 Å². The normalized spacial score (nSPS) is 13.3. The monoisotopic (exact) mass is 306 g/mol. The molecule has 0 fully saturated rings. The first kappa shape index (κ1) is 18.1. The third-order valence-electron chi connectivity index (χ3n) is 1.59. The van der Waals surface area contributed by atoms with Gasteiger partial charge in [0, 0.05) is 11.1 Å². The van der Waals surface area contributed by atoms with Crippen molar-refractivity contribution in [1.29, 1.82) is 0 Å². The molecule has 2 atom stereocenters. The topological polar surface area (TPSA) is 61.8 Å². The van der Waals surface area contributed by atoms with Crippen molar-refractivity contribution < 1.29 is 22.7 Å². The van der Waals surface area contributed by atoms with Gasteiger partial charge in [0.05, 0.1) is 24.1 Å². The maximum absolute atomic E-state index is 11.2. The SMILES string of the molecule is C=C(C)C(=O)OC(C)SOSC(C)OC(=O)C(=C)C. The zero-order valence-electron chi connectivity index (χ0n) is 11.4. The van der Waals surface area contributed by atoms with E-state index < -0.39 is 22.8 Å². The van der Waals surface area contributed by atoms with Crippen molar-refractivity contribution in [3.63, 3.8) is 0 Å². The molecule has 0 aliphatic rings.